The number of carbonyl (C=O) groups excluding carboxylic acids is 1. The number of carboxylic acid groups (broad SMARTS) is 1. The van der Waals surface area contributed by atoms with Crippen LogP contribution in [-0.2, 0) is 19.1 Å². The molecule has 10 nitrogen and oxygen atoms in total. The number of amides is 1. The number of fused-ring (bicyclic) bond motifs is 2. The predicted octanol–water partition coefficient (Wildman–Crippen LogP) is -0.302. The highest BCUT2D eigenvalue weighted by molar-refractivity contribution is 8.16. The topological polar surface area (TPSA) is 158 Å². The molecule has 2 bridgehead atoms. The fourth-order valence-corrected chi connectivity index (χ4v) is 6.13. The van der Waals surface area contributed by atoms with E-state index in [4.69, 9.17) is 19.6 Å². The number of nitrogens with zero attached hydrogens (tertiary/aromatic N) is 1. The highest BCUT2D eigenvalue weighted by Gasteiger charge is 2.50. The highest BCUT2D eigenvalue weighted by Crippen LogP contribution is 2.47. The molecule has 0 radical (unpaired) electrons. The number of ether oxygens (including phenoxy) is 2. The van der Waals surface area contributed by atoms with Crippen molar-refractivity contribution in [2.24, 2.45) is 22.7 Å². The Kier molecular flexibility index (Phi) is 6.36. The first-order valence-electron chi connectivity index (χ1n) is 10.7. The van der Waals surface area contributed by atoms with E-state index in [1.54, 1.807) is 6.92 Å². The van der Waals surface area contributed by atoms with E-state index >= 15 is 0 Å². The zero-order valence-corrected chi connectivity index (χ0v) is 18.3. The van der Waals surface area contributed by atoms with Crippen molar-refractivity contribution < 1.29 is 39.5 Å². The van der Waals surface area contributed by atoms with Crippen LogP contribution in [0.3, 0.4) is 0 Å². The van der Waals surface area contributed by atoms with Crippen LogP contribution in [0.1, 0.15) is 39.5 Å². The number of aliphatic hydroxyl groups excluding tert-OH is 3. The second-order valence-corrected chi connectivity index (χ2v) is 10.7. The Labute approximate surface area is 184 Å². The molecule has 5 N–H and O–H groups in total. The molecule has 2 saturated heterocycles. The molecule has 2 aliphatic heterocycles. The largest absolute Gasteiger partial charge is 0.479 e. The summed E-state index contributed by atoms with van der Waals surface area (Å²) in [6, 6.07) is 0.266. The van der Waals surface area contributed by atoms with E-state index in [9.17, 15) is 24.9 Å². The van der Waals surface area contributed by atoms with Crippen molar-refractivity contribution in [2.75, 3.05) is 6.61 Å². The molecule has 174 valence electrons. The third-order valence-electron chi connectivity index (χ3n) is 7.23. The maximum atomic E-state index is 12.7. The van der Waals surface area contributed by atoms with Gasteiger partial charge in [-0.3, -0.25) is 9.79 Å². The number of nitrogens with one attached hydrogen (secondary N) is 1. The number of thioether (sulfide) groups is 1. The molecule has 0 aromatic rings. The van der Waals surface area contributed by atoms with E-state index in [0.29, 0.717) is 11.1 Å². The van der Waals surface area contributed by atoms with E-state index in [2.05, 4.69) is 5.32 Å². The average Bonchev–Trinajstić information content (AvgIpc) is 3.40. The lowest BCUT2D eigenvalue weighted by atomic mass is 9.94. The van der Waals surface area contributed by atoms with Crippen LogP contribution in [0.5, 0.6) is 0 Å². The monoisotopic (exact) mass is 458 g/mol. The lowest BCUT2D eigenvalue weighted by Crippen LogP contribution is -2.60. The van der Waals surface area contributed by atoms with Gasteiger partial charge in [0.1, 0.15) is 23.1 Å². The Balaban J connectivity index is 1.37. The minimum atomic E-state index is -1.77. The first kappa shape index (κ1) is 22.9. The van der Waals surface area contributed by atoms with Crippen LogP contribution in [0.15, 0.2) is 4.99 Å². The van der Waals surface area contributed by atoms with Crippen LogP contribution in [0.2, 0.25) is 0 Å². The molecule has 11 heteroatoms. The summed E-state index contributed by atoms with van der Waals surface area (Å²) in [7, 11) is 0. The van der Waals surface area contributed by atoms with Crippen molar-refractivity contribution in [1.29, 1.82) is 0 Å². The van der Waals surface area contributed by atoms with E-state index in [0.717, 1.165) is 12.3 Å². The molecule has 2 saturated carbocycles. The zero-order chi connectivity index (χ0) is 22.5. The van der Waals surface area contributed by atoms with Gasteiger partial charge in [-0.05, 0) is 38.0 Å². The van der Waals surface area contributed by atoms with Gasteiger partial charge in [-0.2, -0.15) is 0 Å². The molecule has 4 aliphatic rings. The molecule has 0 spiro atoms. The summed E-state index contributed by atoms with van der Waals surface area (Å²) in [5.74, 6) is -0.630. The Bertz CT molecular complexity index is 765. The summed E-state index contributed by atoms with van der Waals surface area (Å²) < 4.78 is 9.83. The average molecular weight is 459 g/mol. The van der Waals surface area contributed by atoms with Crippen LogP contribution in [0.4, 0.5) is 0 Å². The summed E-state index contributed by atoms with van der Waals surface area (Å²) in [4.78, 5) is 28.8. The maximum absolute atomic E-state index is 12.7. The van der Waals surface area contributed by atoms with Gasteiger partial charge in [0.25, 0.3) is 0 Å². The third-order valence-corrected chi connectivity index (χ3v) is 8.64. The predicted molar refractivity (Wildman–Crippen MR) is 110 cm³/mol. The molecule has 2 heterocycles. The smallest absolute Gasteiger partial charge is 0.335 e. The minimum Gasteiger partial charge on any atom is -0.479 e. The maximum Gasteiger partial charge on any atom is 0.335 e. The summed E-state index contributed by atoms with van der Waals surface area (Å²) in [6.07, 6.45) is -3.50. The molecule has 31 heavy (non-hydrogen) atoms. The molecule has 10 atom stereocenters. The number of amidine groups is 1. The molecule has 4 rings (SSSR count). The second-order valence-electron chi connectivity index (χ2n) is 9.31. The summed E-state index contributed by atoms with van der Waals surface area (Å²) in [6.45, 7) is 3.57. The van der Waals surface area contributed by atoms with Crippen molar-refractivity contribution in [3.63, 3.8) is 0 Å². The van der Waals surface area contributed by atoms with Crippen LogP contribution < -0.4 is 5.32 Å². The number of carboxylic acids is 1. The standard InChI is InChI=1S/C20H30N2O8S/c1-8(7-29-17-14(25)12(23)13(24)15(30-17)16(26)27)20(2)18(28)22-19(31-20)21-11-6-9-3-4-10(11)5-9/h8-15,17,23-25H,3-7H2,1-2H3,(H,26,27)(H,21,22,28)/t8?,9-,10+,11+,12+,13+,14-,15+,17-,20+/m1/s1. The molecular weight excluding hydrogens is 428 g/mol. The van der Waals surface area contributed by atoms with E-state index < -0.39 is 41.4 Å². The van der Waals surface area contributed by atoms with Crippen LogP contribution >= 0.6 is 11.8 Å². The highest BCUT2D eigenvalue weighted by atomic mass is 32.2. The van der Waals surface area contributed by atoms with Crippen LogP contribution in [0.25, 0.3) is 0 Å². The van der Waals surface area contributed by atoms with Gasteiger partial charge in [0, 0.05) is 5.92 Å². The molecule has 2 aliphatic carbocycles. The molecule has 4 fully saturated rings. The molecule has 0 aromatic carbocycles. The number of aliphatic imine (C=N–C) groups is 1. The van der Waals surface area contributed by atoms with Crippen molar-refractivity contribution in [3.05, 3.63) is 0 Å². The van der Waals surface area contributed by atoms with Gasteiger partial charge in [-0.1, -0.05) is 25.1 Å². The number of hydrogen-bond donors (Lipinski definition) is 5. The Morgan fingerprint density at radius 1 is 1.29 bits per heavy atom. The van der Waals surface area contributed by atoms with Gasteiger partial charge in [-0.25, -0.2) is 4.79 Å². The SMILES string of the molecule is CC(CO[C@@H]1O[C@H](C(=O)O)[C@@H](O)[C@H](O)[C@H]1O)[C@]1(C)SC(=N[C@H]2C[C@@H]3CC[C@H]2C3)NC1=O. The number of rotatable bonds is 6. The normalized spacial score (nSPS) is 47.0. The number of carbonyl (C=O) groups is 2. The van der Waals surface area contributed by atoms with Crippen LogP contribution in [0, 0.1) is 17.8 Å². The van der Waals surface area contributed by atoms with Crippen molar-refractivity contribution in [1.82, 2.24) is 5.32 Å². The second kappa shape index (κ2) is 8.60. The fourth-order valence-electron chi connectivity index (χ4n) is 4.98. The summed E-state index contributed by atoms with van der Waals surface area (Å²) in [5, 5.41) is 42.4. The van der Waals surface area contributed by atoms with Crippen molar-refractivity contribution >= 4 is 28.8 Å². The number of aliphatic carboxylic acids is 1. The Morgan fingerprint density at radius 3 is 2.65 bits per heavy atom. The molecular formula is C20H30N2O8S. The van der Waals surface area contributed by atoms with Gasteiger partial charge >= 0.3 is 5.97 Å². The Hall–Kier alpha value is -1.24. The van der Waals surface area contributed by atoms with Gasteiger partial charge in [0.2, 0.25) is 5.91 Å². The first-order valence-corrected chi connectivity index (χ1v) is 11.5. The van der Waals surface area contributed by atoms with Gasteiger partial charge in [0.05, 0.1) is 12.6 Å². The summed E-state index contributed by atoms with van der Waals surface area (Å²) >= 11 is 1.36. The van der Waals surface area contributed by atoms with Gasteiger partial charge in [0.15, 0.2) is 17.6 Å². The zero-order valence-electron chi connectivity index (χ0n) is 17.5. The molecule has 1 unspecified atom stereocenters. The molecule has 1 amide bonds. The van der Waals surface area contributed by atoms with Crippen LogP contribution in [-0.4, -0.2) is 85.6 Å². The van der Waals surface area contributed by atoms with E-state index in [1.165, 1.54) is 31.0 Å². The Morgan fingerprint density at radius 2 is 2.03 bits per heavy atom. The number of aliphatic hydroxyl groups is 3. The van der Waals surface area contributed by atoms with E-state index in [-0.39, 0.29) is 24.5 Å². The third kappa shape index (κ3) is 4.23. The first-order chi connectivity index (χ1) is 14.6. The lowest BCUT2D eigenvalue weighted by Gasteiger charge is -2.39. The van der Waals surface area contributed by atoms with E-state index in [1.807, 2.05) is 6.92 Å². The summed E-state index contributed by atoms with van der Waals surface area (Å²) in [5.41, 5.74) is 0. The van der Waals surface area contributed by atoms with Gasteiger partial charge < -0.3 is 35.2 Å². The van der Waals surface area contributed by atoms with Crippen molar-refractivity contribution in [3.8, 4) is 0 Å². The van der Waals surface area contributed by atoms with Crippen molar-refractivity contribution in [2.45, 2.75) is 81.0 Å². The molecule has 0 aromatic heterocycles. The lowest BCUT2D eigenvalue weighted by molar-refractivity contribution is -0.296. The minimum absolute atomic E-state index is 0.0325. The van der Waals surface area contributed by atoms with Gasteiger partial charge in [-0.15, -0.1) is 0 Å². The quantitative estimate of drug-likeness (QED) is 0.360. The fraction of sp³-hybridized carbons (Fsp3) is 0.850. The number of hydrogen-bond acceptors (Lipinski definition) is 9.